The monoisotopic (exact) mass is 420 g/mol. The van der Waals surface area contributed by atoms with Crippen LogP contribution in [-0.2, 0) is 29.7 Å². The second-order valence-electron chi connectivity index (χ2n) is 6.77. The lowest BCUT2D eigenvalue weighted by Crippen LogP contribution is -2.29. The van der Waals surface area contributed by atoms with E-state index in [1.807, 2.05) is 12.1 Å². The van der Waals surface area contributed by atoms with Crippen LogP contribution in [0.4, 0.5) is 14.5 Å². The van der Waals surface area contributed by atoms with Crippen LogP contribution in [0.5, 0.6) is 0 Å². The van der Waals surface area contributed by atoms with Crippen molar-refractivity contribution in [2.45, 2.75) is 26.1 Å². The van der Waals surface area contributed by atoms with E-state index in [-0.39, 0.29) is 12.4 Å². The molecule has 1 N–H and O–H groups in total. The summed E-state index contributed by atoms with van der Waals surface area (Å²) in [6.07, 6.45) is -1.67. The summed E-state index contributed by atoms with van der Waals surface area (Å²) in [7, 11) is -3.51. The van der Waals surface area contributed by atoms with E-state index in [9.17, 15) is 17.2 Å². The summed E-state index contributed by atoms with van der Waals surface area (Å²) in [5.74, 6) is -0.753. The minimum absolute atomic E-state index is 0.0158. The molecule has 0 atom stereocenters. The van der Waals surface area contributed by atoms with Crippen LogP contribution in [0.25, 0.3) is 11.5 Å². The van der Waals surface area contributed by atoms with Gasteiger partial charge in [-0.15, -0.1) is 10.2 Å². The van der Waals surface area contributed by atoms with Gasteiger partial charge in [0.2, 0.25) is 15.9 Å². The van der Waals surface area contributed by atoms with Gasteiger partial charge in [-0.1, -0.05) is 18.2 Å². The Morgan fingerprint density at radius 1 is 1.10 bits per heavy atom. The van der Waals surface area contributed by atoms with E-state index >= 15 is 0 Å². The van der Waals surface area contributed by atoms with Crippen molar-refractivity contribution in [1.82, 2.24) is 15.5 Å². The van der Waals surface area contributed by atoms with E-state index < -0.39 is 22.3 Å². The van der Waals surface area contributed by atoms with E-state index in [4.69, 9.17) is 4.42 Å². The Labute approximate surface area is 166 Å². The fraction of sp³-hybridized carbons (Fsp3) is 0.263. The maximum Gasteiger partial charge on any atom is 0.314 e. The van der Waals surface area contributed by atoms with Crippen LogP contribution in [0.15, 0.2) is 46.9 Å². The SMILES string of the molecule is CS(=O)(=O)N(Cc1ccc(-c2nnc(C(F)F)o2)cc1)c1ccc2c(c1)CNC2. The number of sulfonamides is 1. The quantitative estimate of drug-likeness (QED) is 0.659. The molecule has 1 aromatic heterocycles. The highest BCUT2D eigenvalue weighted by molar-refractivity contribution is 7.92. The van der Waals surface area contributed by atoms with Crippen LogP contribution in [-0.4, -0.2) is 24.9 Å². The van der Waals surface area contributed by atoms with Crippen LogP contribution in [0.2, 0.25) is 0 Å². The Kier molecular flexibility index (Phi) is 5.05. The number of fused-ring (bicyclic) bond motifs is 1. The molecule has 3 aromatic rings. The standard InChI is InChI=1S/C19H18F2N4O3S/c1-29(26,27)25(16-7-6-14-9-22-10-15(14)8-16)11-12-2-4-13(5-3-12)18-23-24-19(28-18)17(20)21/h2-8,17,22H,9-11H2,1H3. The van der Waals surface area contributed by atoms with Crippen LogP contribution >= 0.6 is 0 Å². The Morgan fingerprint density at radius 2 is 1.83 bits per heavy atom. The second kappa shape index (κ2) is 7.53. The number of alkyl halides is 2. The molecular formula is C19H18F2N4O3S. The zero-order chi connectivity index (χ0) is 20.6. The molecule has 29 heavy (non-hydrogen) atoms. The van der Waals surface area contributed by atoms with Crippen molar-refractivity contribution in [2.75, 3.05) is 10.6 Å². The van der Waals surface area contributed by atoms with Gasteiger partial charge in [-0.25, -0.2) is 8.42 Å². The van der Waals surface area contributed by atoms with Gasteiger partial charge in [-0.05, 0) is 41.0 Å². The van der Waals surface area contributed by atoms with Crippen molar-refractivity contribution in [3.63, 3.8) is 0 Å². The Hall–Kier alpha value is -2.85. The number of hydrogen-bond acceptors (Lipinski definition) is 6. The van der Waals surface area contributed by atoms with Gasteiger partial charge < -0.3 is 9.73 Å². The molecule has 1 aliphatic rings. The third-order valence-corrected chi connectivity index (χ3v) is 5.80. The molecule has 0 aliphatic carbocycles. The molecule has 0 fully saturated rings. The number of aromatic nitrogens is 2. The van der Waals surface area contributed by atoms with E-state index in [2.05, 4.69) is 15.5 Å². The maximum atomic E-state index is 12.6. The van der Waals surface area contributed by atoms with Gasteiger partial charge in [0.15, 0.2) is 0 Å². The summed E-state index contributed by atoms with van der Waals surface area (Å²) >= 11 is 0. The fourth-order valence-electron chi connectivity index (χ4n) is 3.19. The number of halogens is 2. The predicted octanol–water partition coefficient (Wildman–Crippen LogP) is 3.24. The third kappa shape index (κ3) is 4.13. The van der Waals surface area contributed by atoms with Gasteiger partial charge in [0.1, 0.15) is 0 Å². The number of benzene rings is 2. The van der Waals surface area contributed by atoms with Gasteiger partial charge in [0.25, 0.3) is 5.89 Å². The molecule has 1 aliphatic heterocycles. The summed E-state index contributed by atoms with van der Waals surface area (Å²) in [5, 5.41) is 10.2. The molecule has 0 bridgehead atoms. The zero-order valence-electron chi connectivity index (χ0n) is 15.5. The first kappa shape index (κ1) is 19.5. The Balaban J connectivity index is 1.58. The molecular weight excluding hydrogens is 402 g/mol. The molecule has 0 saturated heterocycles. The lowest BCUT2D eigenvalue weighted by atomic mass is 10.1. The van der Waals surface area contributed by atoms with Crippen LogP contribution in [0.1, 0.15) is 29.0 Å². The Bertz CT molecular complexity index is 1130. The second-order valence-corrected chi connectivity index (χ2v) is 8.68. The van der Waals surface area contributed by atoms with Crippen molar-refractivity contribution in [3.8, 4) is 11.5 Å². The molecule has 2 heterocycles. The number of rotatable bonds is 6. The van der Waals surface area contributed by atoms with Gasteiger partial charge in [0.05, 0.1) is 18.5 Å². The van der Waals surface area contributed by atoms with Gasteiger partial charge in [0, 0.05) is 18.7 Å². The topological polar surface area (TPSA) is 88.3 Å². The molecule has 7 nitrogen and oxygen atoms in total. The van der Waals surface area contributed by atoms with E-state index in [1.54, 1.807) is 30.3 Å². The molecule has 0 unspecified atom stereocenters. The predicted molar refractivity (Wildman–Crippen MR) is 103 cm³/mol. The fourth-order valence-corrected chi connectivity index (χ4v) is 4.07. The molecule has 0 amide bonds. The number of hydrogen-bond donors (Lipinski definition) is 1. The van der Waals surface area contributed by atoms with Gasteiger partial charge in [-0.3, -0.25) is 4.31 Å². The molecule has 2 aromatic carbocycles. The van der Waals surface area contributed by atoms with Crippen molar-refractivity contribution >= 4 is 15.7 Å². The van der Waals surface area contributed by atoms with E-state index in [1.165, 1.54) is 4.31 Å². The first-order valence-electron chi connectivity index (χ1n) is 8.82. The highest BCUT2D eigenvalue weighted by atomic mass is 32.2. The zero-order valence-corrected chi connectivity index (χ0v) is 16.3. The smallest absolute Gasteiger partial charge is 0.314 e. The highest BCUT2D eigenvalue weighted by Crippen LogP contribution is 2.27. The van der Waals surface area contributed by atoms with Crippen LogP contribution in [0, 0.1) is 0 Å². The molecule has 4 rings (SSSR count). The average Bonchev–Trinajstić information content (AvgIpc) is 3.34. The summed E-state index contributed by atoms with van der Waals surface area (Å²) in [5.41, 5.74) is 4.04. The molecule has 0 spiro atoms. The number of nitrogens with zero attached hydrogens (tertiary/aromatic N) is 3. The first-order valence-corrected chi connectivity index (χ1v) is 10.7. The van der Waals surface area contributed by atoms with E-state index in [0.717, 1.165) is 29.5 Å². The lowest BCUT2D eigenvalue weighted by Gasteiger charge is -2.23. The average molecular weight is 420 g/mol. The lowest BCUT2D eigenvalue weighted by molar-refractivity contribution is 0.116. The molecule has 152 valence electrons. The number of nitrogens with one attached hydrogen (secondary N) is 1. The van der Waals surface area contributed by atoms with Crippen molar-refractivity contribution in [2.24, 2.45) is 0 Å². The molecule has 0 saturated carbocycles. The summed E-state index contributed by atoms with van der Waals surface area (Å²) in [4.78, 5) is 0. The largest absolute Gasteiger partial charge is 0.415 e. The van der Waals surface area contributed by atoms with Gasteiger partial charge >= 0.3 is 6.43 Å². The minimum Gasteiger partial charge on any atom is -0.415 e. The summed E-state index contributed by atoms with van der Waals surface area (Å²) < 4.78 is 56.3. The van der Waals surface area contributed by atoms with E-state index in [0.29, 0.717) is 17.8 Å². The van der Waals surface area contributed by atoms with Crippen molar-refractivity contribution in [1.29, 1.82) is 0 Å². The number of anilines is 1. The van der Waals surface area contributed by atoms with Crippen LogP contribution < -0.4 is 9.62 Å². The van der Waals surface area contributed by atoms with Crippen molar-refractivity contribution in [3.05, 3.63) is 65.0 Å². The molecule has 0 radical (unpaired) electrons. The molecule has 10 heteroatoms. The normalized spacial score (nSPS) is 13.7. The summed E-state index contributed by atoms with van der Waals surface area (Å²) in [6, 6.07) is 12.3. The highest BCUT2D eigenvalue weighted by Gasteiger charge is 2.21. The summed E-state index contributed by atoms with van der Waals surface area (Å²) in [6.45, 7) is 1.62. The first-order chi connectivity index (χ1) is 13.8. The third-order valence-electron chi connectivity index (χ3n) is 4.66. The minimum atomic E-state index is -3.51. The van der Waals surface area contributed by atoms with Crippen molar-refractivity contribution < 1.29 is 21.6 Å². The Morgan fingerprint density at radius 3 is 2.48 bits per heavy atom. The van der Waals surface area contributed by atoms with Crippen LogP contribution in [0.3, 0.4) is 0 Å². The maximum absolute atomic E-state index is 12.6. The van der Waals surface area contributed by atoms with Gasteiger partial charge in [-0.2, -0.15) is 8.78 Å².